The fraction of sp³-hybridized carbons (Fsp3) is 0.903. The van der Waals surface area contributed by atoms with Gasteiger partial charge in [0.15, 0.2) is 47.9 Å². The van der Waals surface area contributed by atoms with Gasteiger partial charge in [-0.05, 0) is 163 Å². The largest absolute Gasteiger partial charge is 0.414 e. The average molecular weight is 1490 g/mol. The first-order chi connectivity index (χ1) is 42.0. The third kappa shape index (κ3) is 20.7. The summed E-state index contributed by atoms with van der Waals surface area (Å²) < 4.78 is 93.6. The first kappa shape index (κ1) is 81.2. The summed E-state index contributed by atoms with van der Waals surface area (Å²) in [7, 11) is -10.0. The van der Waals surface area contributed by atoms with Gasteiger partial charge >= 0.3 is 0 Å². The van der Waals surface area contributed by atoms with Gasteiger partial charge in [-0.3, -0.25) is 4.79 Å². The molecule has 0 amide bonds. The van der Waals surface area contributed by atoms with Crippen LogP contribution in [0.1, 0.15) is 188 Å². The van der Waals surface area contributed by atoms with Crippen molar-refractivity contribution in [2.45, 2.75) is 376 Å². The molecule has 6 saturated heterocycles. The molecule has 6 fully saturated rings. The number of halogens is 1. The van der Waals surface area contributed by atoms with Crippen molar-refractivity contribution in [3.63, 3.8) is 0 Å². The molecule has 6 rings (SSSR count). The highest BCUT2D eigenvalue weighted by Crippen LogP contribution is 2.50. The Balaban J connectivity index is 1.31. The fourth-order valence-electron chi connectivity index (χ4n) is 12.8. The quantitative estimate of drug-likeness (QED) is 0.0417. The summed E-state index contributed by atoms with van der Waals surface area (Å²) in [5.74, 6) is 0.0816. The van der Waals surface area contributed by atoms with Gasteiger partial charge < -0.3 is 60.0 Å². The molecule has 20 heteroatoms. The van der Waals surface area contributed by atoms with Crippen LogP contribution in [0.15, 0.2) is 34.5 Å². The van der Waals surface area contributed by atoms with E-state index in [1.54, 1.807) is 7.11 Å². The van der Waals surface area contributed by atoms with Crippen LogP contribution in [0.4, 0.5) is 0 Å². The normalized spacial score (nSPS) is 32.2. The SMILES string of the molecule is C=C1C[C@H](CCC2OCCO2)O[C@H]1CC[C@H]1C[C@H](C)C(=C)[C@@H](C[C@@H]2O[C@H](C[C@@H](CO[Si](C)(C)C(C)(C)C)O[Si](C)(C)C(C)(C)C)[C@@H](OC)[C@H]2CC(=O)C[C@H]2CC[C@@H]3O[C@H](C(/C=C/I)O[Si](C)(C)C(C)(C)C)C(O[Si](C)(C)C(C)(C)C)C(O[Si](C)(C)C(C)(C)C)[C@@H]3O2)O1. The second kappa shape index (κ2) is 31.6. The molecule has 17 atom stereocenters. The minimum Gasteiger partial charge on any atom is -0.414 e. The van der Waals surface area contributed by atoms with Gasteiger partial charge in [-0.1, -0.05) is 147 Å². The van der Waals surface area contributed by atoms with Crippen LogP contribution in [0.25, 0.3) is 0 Å². The summed E-state index contributed by atoms with van der Waals surface area (Å²) in [5.41, 5.74) is 2.23. The number of hydrogen-bond acceptors (Lipinski definition) is 14. The number of carbonyl (C=O) groups excluding carboxylic acids is 1. The van der Waals surface area contributed by atoms with Crippen molar-refractivity contribution < 1.29 is 64.8 Å². The zero-order valence-electron chi connectivity index (χ0n) is 63.2. The van der Waals surface area contributed by atoms with E-state index in [-0.39, 0.29) is 123 Å². The molecule has 0 bridgehead atoms. The highest BCUT2D eigenvalue weighted by atomic mass is 127. The van der Waals surface area contributed by atoms with Gasteiger partial charge in [0.2, 0.25) is 0 Å². The molecule has 0 saturated carbocycles. The van der Waals surface area contributed by atoms with Crippen LogP contribution in [0.5, 0.6) is 0 Å². The molecule has 0 spiro atoms. The second-order valence-corrected chi connectivity index (χ2v) is 60.8. The topological polar surface area (TPSA) is 137 Å². The predicted molar refractivity (Wildman–Crippen MR) is 396 cm³/mol. The fourth-order valence-corrected chi connectivity index (χ4v) is 19.5. The van der Waals surface area contributed by atoms with Crippen LogP contribution < -0.4 is 0 Å². The molecular weight excluding hydrogens is 1360 g/mol. The Hall–Kier alpha value is 0.184. The summed E-state index contributed by atoms with van der Waals surface area (Å²) >= 11 is 2.32. The third-order valence-corrected chi connectivity index (χ3v) is 46.9. The Kier molecular flexibility index (Phi) is 27.9. The molecule has 0 aliphatic carbocycles. The zero-order valence-corrected chi connectivity index (χ0v) is 70.3. The number of rotatable bonds is 28. The molecule has 0 N–H and O–H groups in total. The van der Waals surface area contributed by atoms with E-state index in [1.165, 1.54) is 0 Å². The molecule has 0 aromatic heterocycles. The van der Waals surface area contributed by atoms with Crippen LogP contribution in [0.3, 0.4) is 0 Å². The number of Topliss-reactive ketones (excluding diaryl/α,β-unsaturated/α-hetero) is 1. The lowest BCUT2D eigenvalue weighted by Crippen LogP contribution is -2.69. The van der Waals surface area contributed by atoms with Gasteiger partial charge in [0.05, 0.1) is 87.0 Å². The van der Waals surface area contributed by atoms with Crippen molar-refractivity contribution in [1.29, 1.82) is 0 Å². The lowest BCUT2D eigenvalue weighted by molar-refractivity contribution is -0.266. The Morgan fingerprint density at radius 3 is 1.71 bits per heavy atom. The number of ketones is 1. The minimum atomic E-state index is -2.50. The lowest BCUT2D eigenvalue weighted by atomic mass is 9.81. The maximum atomic E-state index is 15.4. The molecule has 534 valence electrons. The van der Waals surface area contributed by atoms with Crippen molar-refractivity contribution >= 4 is 70.0 Å². The number of fused-ring (bicyclic) bond motifs is 1. The first-order valence-corrected chi connectivity index (χ1v) is 51.3. The Labute approximate surface area is 580 Å². The third-order valence-electron chi connectivity index (χ3n) is 24.0. The van der Waals surface area contributed by atoms with Gasteiger partial charge in [0.25, 0.3) is 0 Å². The molecule has 0 aromatic carbocycles. The van der Waals surface area contributed by atoms with Gasteiger partial charge in [0.1, 0.15) is 30.2 Å². The van der Waals surface area contributed by atoms with Gasteiger partial charge in [-0.15, -0.1) is 0 Å². The van der Waals surface area contributed by atoms with Crippen LogP contribution in [0.2, 0.25) is 90.7 Å². The van der Waals surface area contributed by atoms with Gasteiger partial charge in [0, 0.05) is 45.1 Å². The molecule has 0 aromatic rings. The van der Waals surface area contributed by atoms with E-state index >= 15 is 4.79 Å². The van der Waals surface area contributed by atoms with Crippen LogP contribution in [-0.4, -0.2) is 172 Å². The Morgan fingerprint density at radius 1 is 0.609 bits per heavy atom. The lowest BCUT2D eigenvalue weighted by Gasteiger charge is -2.56. The zero-order chi connectivity index (χ0) is 69.3. The smallest absolute Gasteiger partial charge is 0.193 e. The van der Waals surface area contributed by atoms with E-state index in [0.29, 0.717) is 45.5 Å². The molecular formula is C72H135IO14Si5. The number of hydrogen-bond donors (Lipinski definition) is 0. The van der Waals surface area contributed by atoms with E-state index in [2.05, 4.69) is 216 Å². The molecule has 3 unspecified atom stereocenters. The van der Waals surface area contributed by atoms with Crippen molar-refractivity contribution in [3.8, 4) is 0 Å². The van der Waals surface area contributed by atoms with Gasteiger partial charge in [-0.2, -0.15) is 0 Å². The average Bonchev–Trinajstić information content (AvgIpc) is 0.957. The standard InChI is InChI=1S/C72H135IO14Si5/c1-47-40-51(30-33-56-48(2)41-52(79-56)32-35-62-76-38-39-77-62)80-59(49(47)3)45-60-55(63(75-19)61(82-60)44-54(84-89(22,23)69(7,8)9)46-78-88(20,21)68(4,5)6)43-50(74)42-53-31-34-57-64(81-53)66(86-91(26,27)71(13,14)15)67(87-92(28,29)72(16,17)18)65(83-57)58(36-37-73)85-90(24,25)70(10,11)12/h36-37,47,51-67H,2-3,30-35,38-46H2,1,4-29H3/b37-36+/t47-,51-,52-,53+,54-,55-,56-,57-,58?,59+,60-,61+,63-,64+,65+,66?,67?/m0/s1. The number of carbonyl (C=O) groups is 1. The van der Waals surface area contributed by atoms with Crippen molar-refractivity contribution in [3.05, 3.63) is 34.5 Å². The molecule has 92 heavy (non-hydrogen) atoms. The monoisotopic (exact) mass is 1490 g/mol. The van der Waals surface area contributed by atoms with E-state index in [4.69, 9.17) is 66.6 Å². The minimum absolute atomic E-state index is 0.00240. The summed E-state index contributed by atoms with van der Waals surface area (Å²) in [5, 5.41) is -0.257. The van der Waals surface area contributed by atoms with Crippen LogP contribution >= 0.6 is 22.6 Å². The number of methoxy groups -OCH3 is 1. The first-order valence-electron chi connectivity index (χ1n) is 35.6. The van der Waals surface area contributed by atoms with Crippen molar-refractivity contribution in [2.24, 2.45) is 11.8 Å². The molecule has 6 heterocycles. The maximum Gasteiger partial charge on any atom is 0.193 e. The molecule has 6 aliphatic rings. The van der Waals surface area contributed by atoms with Crippen molar-refractivity contribution in [2.75, 3.05) is 26.9 Å². The van der Waals surface area contributed by atoms with Gasteiger partial charge in [-0.25, -0.2) is 0 Å². The van der Waals surface area contributed by atoms with E-state index in [0.717, 1.165) is 49.7 Å². The summed E-state index contributed by atoms with van der Waals surface area (Å²) in [6.07, 6.45) is 5.70. The van der Waals surface area contributed by atoms with Crippen molar-refractivity contribution in [1.82, 2.24) is 0 Å². The van der Waals surface area contributed by atoms with E-state index in [9.17, 15) is 0 Å². The van der Waals surface area contributed by atoms with E-state index < -0.39 is 72.1 Å². The highest BCUT2D eigenvalue weighted by molar-refractivity contribution is 14.1. The predicted octanol–water partition coefficient (Wildman–Crippen LogP) is 18.4. The molecule has 6 aliphatic heterocycles. The second-order valence-electron chi connectivity index (χ2n) is 36.2. The summed E-state index contributed by atoms with van der Waals surface area (Å²) in [6.45, 7) is 70.8. The Bertz CT molecular complexity index is 2430. The Morgan fingerprint density at radius 2 is 1.15 bits per heavy atom. The van der Waals surface area contributed by atoms with E-state index in [1.807, 2.05) is 0 Å². The molecule has 14 nitrogen and oxygen atoms in total. The van der Waals surface area contributed by atoms with Crippen LogP contribution in [0, 0.1) is 11.8 Å². The summed E-state index contributed by atoms with van der Waals surface area (Å²) in [4.78, 5) is 15.4. The summed E-state index contributed by atoms with van der Waals surface area (Å²) in [6, 6.07) is 0. The number of ether oxygens (including phenoxy) is 8. The highest BCUT2D eigenvalue weighted by Gasteiger charge is 2.59. The van der Waals surface area contributed by atoms with Crippen LogP contribution in [-0.2, 0) is 64.8 Å². The molecule has 0 radical (unpaired) electrons. The maximum absolute atomic E-state index is 15.4.